The predicted octanol–water partition coefficient (Wildman–Crippen LogP) is 3.33. The Kier molecular flexibility index (Phi) is 7.45. The SMILES string of the molecule is Cc1cccc(Oc2ccccc2CNC(=O)[C@@H]2CC[C@H](CN)O2)c1.Cl. The number of nitrogens with one attached hydrogen (secondary N) is 1. The van der Waals surface area contributed by atoms with Crippen LogP contribution in [0.3, 0.4) is 0 Å². The van der Waals surface area contributed by atoms with Gasteiger partial charge in [0.15, 0.2) is 0 Å². The van der Waals surface area contributed by atoms with Crippen LogP contribution in [0.2, 0.25) is 0 Å². The standard InChI is InChI=1S/C20H24N2O3.ClH/c1-14-5-4-7-16(11-14)24-18-8-3-2-6-15(18)13-22-20(23)19-10-9-17(12-21)25-19;/h2-8,11,17,19H,9-10,12-13,21H2,1H3,(H,22,23);1H/t17-,19+;/m1./s1. The first-order chi connectivity index (χ1) is 12.2. The molecular formula is C20H25ClN2O3. The first-order valence-electron chi connectivity index (χ1n) is 8.61. The lowest BCUT2D eigenvalue weighted by Gasteiger charge is -2.15. The number of nitrogens with two attached hydrogens (primary N) is 1. The Balaban J connectivity index is 0.00000243. The molecule has 1 aliphatic heterocycles. The van der Waals surface area contributed by atoms with Gasteiger partial charge in [-0.2, -0.15) is 0 Å². The van der Waals surface area contributed by atoms with Crippen molar-refractivity contribution in [1.29, 1.82) is 0 Å². The van der Waals surface area contributed by atoms with Crippen LogP contribution in [0.5, 0.6) is 11.5 Å². The lowest BCUT2D eigenvalue weighted by Crippen LogP contribution is -2.35. The number of rotatable bonds is 6. The summed E-state index contributed by atoms with van der Waals surface area (Å²) in [7, 11) is 0. The van der Waals surface area contributed by atoms with Crippen LogP contribution in [-0.2, 0) is 16.1 Å². The van der Waals surface area contributed by atoms with E-state index in [1.807, 2.05) is 55.5 Å². The van der Waals surface area contributed by atoms with Crippen LogP contribution in [-0.4, -0.2) is 24.7 Å². The van der Waals surface area contributed by atoms with Crippen LogP contribution in [0.1, 0.15) is 24.0 Å². The maximum atomic E-state index is 12.3. The first kappa shape index (κ1) is 20.2. The van der Waals surface area contributed by atoms with Crippen molar-refractivity contribution in [3.05, 3.63) is 59.7 Å². The quantitative estimate of drug-likeness (QED) is 0.811. The zero-order valence-corrected chi connectivity index (χ0v) is 15.6. The summed E-state index contributed by atoms with van der Waals surface area (Å²) >= 11 is 0. The van der Waals surface area contributed by atoms with Crippen molar-refractivity contribution in [1.82, 2.24) is 5.32 Å². The van der Waals surface area contributed by atoms with E-state index < -0.39 is 6.10 Å². The second-order valence-corrected chi connectivity index (χ2v) is 6.30. The summed E-state index contributed by atoms with van der Waals surface area (Å²) in [5, 5.41) is 2.94. The summed E-state index contributed by atoms with van der Waals surface area (Å²) in [6.07, 6.45) is 1.14. The van der Waals surface area contributed by atoms with E-state index in [0.29, 0.717) is 13.1 Å². The van der Waals surface area contributed by atoms with E-state index in [-0.39, 0.29) is 24.4 Å². The minimum atomic E-state index is -0.404. The molecule has 1 heterocycles. The van der Waals surface area contributed by atoms with Crippen molar-refractivity contribution < 1.29 is 14.3 Å². The average molecular weight is 377 g/mol. The lowest BCUT2D eigenvalue weighted by atomic mass is 10.1. The van der Waals surface area contributed by atoms with Gasteiger partial charge in [-0.15, -0.1) is 12.4 Å². The van der Waals surface area contributed by atoms with Crippen LogP contribution in [0.15, 0.2) is 48.5 Å². The molecule has 1 amide bonds. The molecule has 0 aliphatic carbocycles. The maximum absolute atomic E-state index is 12.3. The van der Waals surface area contributed by atoms with Gasteiger partial charge < -0.3 is 20.5 Å². The molecule has 6 heteroatoms. The Morgan fingerprint density at radius 3 is 2.77 bits per heavy atom. The zero-order chi connectivity index (χ0) is 17.6. The highest BCUT2D eigenvalue weighted by Crippen LogP contribution is 2.26. The predicted molar refractivity (Wildman–Crippen MR) is 104 cm³/mol. The third kappa shape index (κ3) is 5.21. The Labute approximate surface area is 160 Å². The number of hydrogen-bond donors (Lipinski definition) is 2. The van der Waals surface area contributed by atoms with Gasteiger partial charge in [0, 0.05) is 18.7 Å². The van der Waals surface area contributed by atoms with Gasteiger partial charge in [-0.25, -0.2) is 0 Å². The molecule has 1 fully saturated rings. The van der Waals surface area contributed by atoms with Crippen LogP contribution in [0, 0.1) is 6.92 Å². The normalized spacial score (nSPS) is 18.8. The molecule has 1 aliphatic rings. The number of halogens is 1. The molecule has 0 bridgehead atoms. The second-order valence-electron chi connectivity index (χ2n) is 6.30. The van der Waals surface area contributed by atoms with Crippen LogP contribution in [0.25, 0.3) is 0 Å². The van der Waals surface area contributed by atoms with E-state index in [9.17, 15) is 4.79 Å². The summed E-state index contributed by atoms with van der Waals surface area (Å²) < 4.78 is 11.6. The number of ether oxygens (including phenoxy) is 2. The van der Waals surface area contributed by atoms with Gasteiger partial charge in [0.1, 0.15) is 17.6 Å². The number of carbonyl (C=O) groups excluding carboxylic acids is 1. The molecule has 140 valence electrons. The highest BCUT2D eigenvalue weighted by molar-refractivity contribution is 5.85. The van der Waals surface area contributed by atoms with Gasteiger partial charge in [-0.05, 0) is 43.5 Å². The van der Waals surface area contributed by atoms with E-state index in [2.05, 4.69) is 5.32 Å². The Hall–Kier alpha value is -2.08. The number of carbonyl (C=O) groups is 1. The summed E-state index contributed by atoms with van der Waals surface area (Å²) in [5.41, 5.74) is 7.65. The van der Waals surface area contributed by atoms with Crippen LogP contribution in [0.4, 0.5) is 0 Å². The van der Waals surface area contributed by atoms with Crippen molar-refractivity contribution in [2.24, 2.45) is 5.73 Å². The molecule has 0 unspecified atom stereocenters. The highest BCUT2D eigenvalue weighted by atomic mass is 35.5. The molecule has 0 radical (unpaired) electrons. The van der Waals surface area contributed by atoms with E-state index in [1.54, 1.807) is 0 Å². The fourth-order valence-corrected chi connectivity index (χ4v) is 2.92. The summed E-state index contributed by atoms with van der Waals surface area (Å²) in [5.74, 6) is 1.42. The minimum Gasteiger partial charge on any atom is -0.457 e. The first-order valence-corrected chi connectivity index (χ1v) is 8.61. The van der Waals surface area contributed by atoms with Gasteiger partial charge in [0.2, 0.25) is 5.91 Å². The molecule has 2 atom stereocenters. The van der Waals surface area contributed by atoms with E-state index in [1.165, 1.54) is 0 Å². The molecule has 3 N–H and O–H groups in total. The molecular weight excluding hydrogens is 352 g/mol. The largest absolute Gasteiger partial charge is 0.457 e. The van der Waals surface area contributed by atoms with Crippen molar-refractivity contribution in [2.45, 2.75) is 38.5 Å². The molecule has 0 spiro atoms. The maximum Gasteiger partial charge on any atom is 0.249 e. The number of amides is 1. The monoisotopic (exact) mass is 376 g/mol. The zero-order valence-electron chi connectivity index (χ0n) is 14.8. The molecule has 0 saturated carbocycles. The smallest absolute Gasteiger partial charge is 0.249 e. The van der Waals surface area contributed by atoms with Gasteiger partial charge in [-0.3, -0.25) is 4.79 Å². The third-order valence-electron chi connectivity index (χ3n) is 4.31. The van der Waals surface area contributed by atoms with Crippen molar-refractivity contribution in [2.75, 3.05) is 6.54 Å². The number of aryl methyl sites for hydroxylation is 1. The molecule has 2 aromatic rings. The van der Waals surface area contributed by atoms with Crippen molar-refractivity contribution >= 4 is 18.3 Å². The highest BCUT2D eigenvalue weighted by Gasteiger charge is 2.29. The summed E-state index contributed by atoms with van der Waals surface area (Å²) in [6, 6.07) is 15.6. The van der Waals surface area contributed by atoms with Gasteiger partial charge in [0.05, 0.1) is 6.10 Å². The van der Waals surface area contributed by atoms with Crippen LogP contribution >= 0.6 is 12.4 Å². The summed E-state index contributed by atoms with van der Waals surface area (Å²) in [6.45, 7) is 2.88. The molecule has 2 aromatic carbocycles. The Bertz CT molecular complexity index is 739. The summed E-state index contributed by atoms with van der Waals surface area (Å²) in [4.78, 5) is 12.3. The van der Waals surface area contributed by atoms with E-state index in [4.69, 9.17) is 15.2 Å². The van der Waals surface area contributed by atoms with Crippen molar-refractivity contribution in [3.63, 3.8) is 0 Å². The second kappa shape index (κ2) is 9.57. The molecule has 26 heavy (non-hydrogen) atoms. The van der Waals surface area contributed by atoms with E-state index >= 15 is 0 Å². The third-order valence-corrected chi connectivity index (χ3v) is 4.31. The van der Waals surface area contributed by atoms with Gasteiger partial charge >= 0.3 is 0 Å². The van der Waals surface area contributed by atoms with Crippen LogP contribution < -0.4 is 15.8 Å². The fourth-order valence-electron chi connectivity index (χ4n) is 2.92. The molecule has 5 nitrogen and oxygen atoms in total. The Morgan fingerprint density at radius 2 is 2.04 bits per heavy atom. The number of benzene rings is 2. The molecule has 0 aromatic heterocycles. The molecule has 3 rings (SSSR count). The number of para-hydroxylation sites is 1. The average Bonchev–Trinajstić information content (AvgIpc) is 3.10. The van der Waals surface area contributed by atoms with Gasteiger partial charge in [-0.1, -0.05) is 30.3 Å². The van der Waals surface area contributed by atoms with Crippen molar-refractivity contribution in [3.8, 4) is 11.5 Å². The lowest BCUT2D eigenvalue weighted by molar-refractivity contribution is -0.132. The fraction of sp³-hybridized carbons (Fsp3) is 0.350. The minimum absolute atomic E-state index is 0. The van der Waals surface area contributed by atoms with E-state index in [0.717, 1.165) is 35.5 Å². The topological polar surface area (TPSA) is 73.6 Å². The van der Waals surface area contributed by atoms with Gasteiger partial charge in [0.25, 0.3) is 0 Å². The Morgan fingerprint density at radius 1 is 1.23 bits per heavy atom. The molecule has 1 saturated heterocycles. The number of hydrogen-bond acceptors (Lipinski definition) is 4.